The number of aromatic nitrogens is 1. The molecule has 0 saturated heterocycles. The van der Waals surface area contributed by atoms with E-state index in [-0.39, 0.29) is 9.77 Å². The van der Waals surface area contributed by atoms with E-state index < -0.39 is 27.5 Å². The molecule has 0 aliphatic rings. The molecule has 0 amide bonds. The second kappa shape index (κ2) is 6.44. The predicted molar refractivity (Wildman–Crippen MR) is 94.0 cm³/mol. The van der Waals surface area contributed by atoms with Crippen molar-refractivity contribution in [2.24, 2.45) is 0 Å². The number of hydrogen-bond donors (Lipinski definition) is 1. The third kappa shape index (κ3) is 3.34. The number of halogens is 3. The van der Waals surface area contributed by atoms with Crippen molar-refractivity contribution in [3.05, 3.63) is 57.7 Å². The summed E-state index contributed by atoms with van der Waals surface area (Å²) in [5.41, 5.74) is -1.05. The molecule has 10 heteroatoms. The van der Waals surface area contributed by atoms with Crippen LogP contribution in [0.5, 0.6) is 0 Å². The maximum atomic E-state index is 13.0. The fourth-order valence-electron chi connectivity index (χ4n) is 2.54. The Balaban J connectivity index is 2.05. The molecule has 3 aromatic rings. The minimum atomic E-state index is -4.69. The van der Waals surface area contributed by atoms with Gasteiger partial charge in [-0.15, -0.1) is 0 Å². The zero-order chi connectivity index (χ0) is 19.1. The highest BCUT2D eigenvalue weighted by molar-refractivity contribution is 7.92. The average Bonchev–Trinajstić information content (AvgIpc) is 2.88. The van der Waals surface area contributed by atoms with Crippen LogP contribution in [0.15, 0.2) is 52.2 Å². The summed E-state index contributed by atoms with van der Waals surface area (Å²) < 4.78 is 68.1. The summed E-state index contributed by atoms with van der Waals surface area (Å²) in [5.74, 6) is 0. The lowest BCUT2D eigenvalue weighted by atomic mass is 10.2. The van der Waals surface area contributed by atoms with Gasteiger partial charge in [-0.2, -0.15) is 13.2 Å². The van der Waals surface area contributed by atoms with Gasteiger partial charge in [0.2, 0.25) is 0 Å². The maximum Gasteiger partial charge on any atom is 0.418 e. The monoisotopic (exact) mass is 402 g/mol. The molecule has 0 bridgehead atoms. The number of benzene rings is 2. The zero-order valence-electron chi connectivity index (χ0n) is 13.4. The highest BCUT2D eigenvalue weighted by atomic mass is 32.2. The van der Waals surface area contributed by atoms with Crippen molar-refractivity contribution in [2.45, 2.75) is 24.5 Å². The van der Waals surface area contributed by atoms with E-state index in [2.05, 4.69) is 0 Å². The number of fused-ring (bicyclic) bond motifs is 1. The Morgan fingerprint density at radius 1 is 1.15 bits per heavy atom. The number of hydrogen-bond acceptors (Lipinski definition) is 4. The predicted octanol–water partition coefficient (Wildman–Crippen LogP) is 3.90. The minimum absolute atomic E-state index is 0.216. The van der Waals surface area contributed by atoms with E-state index >= 15 is 0 Å². The summed E-state index contributed by atoms with van der Waals surface area (Å²) in [6.07, 6.45) is -4.69. The first-order chi connectivity index (χ1) is 12.1. The minimum Gasteiger partial charge on any atom is -0.299 e. The van der Waals surface area contributed by atoms with Gasteiger partial charge in [0.25, 0.3) is 10.0 Å². The van der Waals surface area contributed by atoms with Gasteiger partial charge in [0.1, 0.15) is 0 Å². The molecule has 3 rings (SSSR count). The van der Waals surface area contributed by atoms with Gasteiger partial charge in [0.15, 0.2) is 0 Å². The average molecular weight is 402 g/mol. The quantitative estimate of drug-likeness (QED) is 0.720. The van der Waals surface area contributed by atoms with E-state index in [9.17, 15) is 26.4 Å². The van der Waals surface area contributed by atoms with Gasteiger partial charge < -0.3 is 0 Å². The third-order valence-corrected chi connectivity index (χ3v) is 6.05. The Morgan fingerprint density at radius 3 is 2.50 bits per heavy atom. The normalized spacial score (nSPS) is 12.5. The van der Waals surface area contributed by atoms with Crippen LogP contribution in [0.4, 0.5) is 18.9 Å². The molecule has 1 aromatic heterocycles. The summed E-state index contributed by atoms with van der Waals surface area (Å²) in [5, 5.41) is 0. The number of anilines is 1. The van der Waals surface area contributed by atoms with Crippen molar-refractivity contribution in [2.75, 3.05) is 4.72 Å². The number of para-hydroxylation sites is 1. The molecule has 0 aliphatic carbocycles. The van der Waals surface area contributed by atoms with Gasteiger partial charge in [0.05, 0.1) is 26.4 Å². The second-order valence-corrected chi connectivity index (χ2v) is 8.07. The molecule has 138 valence electrons. The van der Waals surface area contributed by atoms with Gasteiger partial charge in [-0.3, -0.25) is 14.1 Å². The molecule has 0 radical (unpaired) electrons. The highest BCUT2D eigenvalue weighted by Gasteiger charge is 2.34. The van der Waals surface area contributed by atoms with Crippen LogP contribution in [0.1, 0.15) is 12.5 Å². The number of aryl methyl sites for hydroxylation is 1. The fourth-order valence-corrected chi connectivity index (χ4v) is 4.71. The van der Waals surface area contributed by atoms with E-state index in [4.69, 9.17) is 0 Å². The van der Waals surface area contributed by atoms with E-state index in [0.717, 1.165) is 23.5 Å². The topological polar surface area (TPSA) is 68.2 Å². The molecule has 0 atom stereocenters. The van der Waals surface area contributed by atoms with Gasteiger partial charge in [-0.1, -0.05) is 23.5 Å². The highest BCUT2D eigenvalue weighted by Crippen LogP contribution is 2.35. The van der Waals surface area contributed by atoms with Crippen molar-refractivity contribution < 1.29 is 21.6 Å². The van der Waals surface area contributed by atoms with Crippen LogP contribution in [-0.2, 0) is 22.7 Å². The SMILES string of the molecule is CCn1c(=O)sc2cc(S(=O)(=O)Nc3ccccc3C(F)(F)F)ccc21. The van der Waals surface area contributed by atoms with Crippen LogP contribution < -0.4 is 9.60 Å². The van der Waals surface area contributed by atoms with Gasteiger partial charge in [0, 0.05) is 6.54 Å². The summed E-state index contributed by atoms with van der Waals surface area (Å²) >= 11 is 0.883. The molecule has 0 aliphatic heterocycles. The van der Waals surface area contributed by atoms with E-state index in [0.29, 0.717) is 16.8 Å². The molecule has 0 fully saturated rings. The van der Waals surface area contributed by atoms with Crippen LogP contribution in [0.3, 0.4) is 0 Å². The number of rotatable bonds is 4. The van der Waals surface area contributed by atoms with E-state index in [1.807, 2.05) is 4.72 Å². The third-order valence-electron chi connectivity index (χ3n) is 3.74. The van der Waals surface area contributed by atoms with Crippen LogP contribution in [-0.4, -0.2) is 13.0 Å². The Hall–Kier alpha value is -2.33. The first-order valence-electron chi connectivity index (χ1n) is 7.46. The van der Waals surface area contributed by atoms with E-state index in [1.165, 1.54) is 34.9 Å². The Bertz CT molecular complexity index is 1130. The lowest BCUT2D eigenvalue weighted by Gasteiger charge is -2.14. The summed E-state index contributed by atoms with van der Waals surface area (Å²) in [7, 11) is -4.25. The van der Waals surface area contributed by atoms with E-state index in [1.54, 1.807) is 6.92 Å². The van der Waals surface area contributed by atoms with Crippen LogP contribution in [0, 0.1) is 0 Å². The Kier molecular flexibility index (Phi) is 4.57. The molecule has 5 nitrogen and oxygen atoms in total. The van der Waals surface area contributed by atoms with Crippen molar-refractivity contribution in [3.63, 3.8) is 0 Å². The largest absolute Gasteiger partial charge is 0.418 e. The molecule has 2 aromatic carbocycles. The molecular weight excluding hydrogens is 389 g/mol. The van der Waals surface area contributed by atoms with Crippen molar-refractivity contribution in [3.8, 4) is 0 Å². The van der Waals surface area contributed by atoms with Crippen LogP contribution in [0.2, 0.25) is 0 Å². The van der Waals surface area contributed by atoms with Crippen LogP contribution in [0.25, 0.3) is 10.2 Å². The van der Waals surface area contributed by atoms with Crippen LogP contribution >= 0.6 is 11.3 Å². The fraction of sp³-hybridized carbons (Fsp3) is 0.188. The molecule has 0 spiro atoms. The molecular formula is C16H13F3N2O3S2. The number of thiazole rings is 1. The van der Waals surface area contributed by atoms with Crippen molar-refractivity contribution in [1.29, 1.82) is 0 Å². The molecule has 0 saturated carbocycles. The lowest BCUT2D eigenvalue weighted by molar-refractivity contribution is -0.136. The van der Waals surface area contributed by atoms with Gasteiger partial charge in [-0.05, 0) is 37.3 Å². The van der Waals surface area contributed by atoms with Gasteiger partial charge >= 0.3 is 11.0 Å². The van der Waals surface area contributed by atoms with Crippen molar-refractivity contribution >= 4 is 37.3 Å². The lowest BCUT2D eigenvalue weighted by Crippen LogP contribution is -2.17. The number of sulfonamides is 1. The molecule has 1 N–H and O–H groups in total. The number of nitrogens with zero attached hydrogens (tertiary/aromatic N) is 1. The Morgan fingerprint density at radius 2 is 1.85 bits per heavy atom. The Labute approximate surface area is 150 Å². The number of alkyl halides is 3. The molecule has 1 heterocycles. The standard InChI is InChI=1S/C16H13F3N2O3S2/c1-2-21-13-8-7-10(9-14(13)25-15(21)22)26(23,24)20-12-6-4-3-5-11(12)16(17,18)19/h3-9,20H,2H2,1H3. The van der Waals surface area contributed by atoms with Gasteiger partial charge in [-0.25, -0.2) is 8.42 Å². The zero-order valence-corrected chi connectivity index (χ0v) is 15.0. The number of nitrogens with one attached hydrogen (secondary N) is 1. The summed E-state index contributed by atoms with van der Waals surface area (Å²) in [6, 6.07) is 8.35. The second-order valence-electron chi connectivity index (χ2n) is 5.39. The van der Waals surface area contributed by atoms with Crippen molar-refractivity contribution in [1.82, 2.24) is 4.57 Å². The first-order valence-corrected chi connectivity index (χ1v) is 9.76. The molecule has 26 heavy (non-hydrogen) atoms. The molecule has 0 unspecified atom stereocenters. The maximum absolute atomic E-state index is 13.0. The first kappa shape index (κ1) is 18.5. The summed E-state index contributed by atoms with van der Waals surface area (Å²) in [6.45, 7) is 2.22. The smallest absolute Gasteiger partial charge is 0.299 e. The summed E-state index contributed by atoms with van der Waals surface area (Å²) in [4.78, 5) is 11.4.